The SMILES string of the molecule is CCCOC(=O)C(Cc1cc(=O)[nH]c2ccccc12)Nc1ccc(Cl)cc1. The molecule has 0 aliphatic rings. The van der Waals surface area contributed by atoms with Crippen molar-refractivity contribution in [2.24, 2.45) is 0 Å². The van der Waals surface area contributed by atoms with Gasteiger partial charge in [-0.25, -0.2) is 4.79 Å². The fourth-order valence-corrected chi connectivity index (χ4v) is 3.04. The Labute approximate surface area is 162 Å². The van der Waals surface area contributed by atoms with E-state index in [0.29, 0.717) is 18.1 Å². The number of anilines is 1. The summed E-state index contributed by atoms with van der Waals surface area (Å²) in [4.78, 5) is 27.4. The van der Waals surface area contributed by atoms with E-state index in [4.69, 9.17) is 16.3 Å². The third-order valence-corrected chi connectivity index (χ3v) is 4.43. The highest BCUT2D eigenvalue weighted by Gasteiger charge is 2.22. The van der Waals surface area contributed by atoms with Crippen LogP contribution < -0.4 is 10.9 Å². The van der Waals surface area contributed by atoms with Gasteiger partial charge in [0.2, 0.25) is 5.56 Å². The minimum absolute atomic E-state index is 0.198. The number of aromatic amines is 1. The number of hydrogen-bond donors (Lipinski definition) is 2. The highest BCUT2D eigenvalue weighted by Crippen LogP contribution is 2.20. The molecule has 140 valence electrons. The monoisotopic (exact) mass is 384 g/mol. The van der Waals surface area contributed by atoms with E-state index in [-0.39, 0.29) is 11.5 Å². The van der Waals surface area contributed by atoms with Crippen molar-refractivity contribution in [2.45, 2.75) is 25.8 Å². The number of hydrogen-bond acceptors (Lipinski definition) is 4. The van der Waals surface area contributed by atoms with E-state index in [9.17, 15) is 9.59 Å². The summed E-state index contributed by atoms with van der Waals surface area (Å²) in [6.45, 7) is 2.30. The second-order valence-electron chi connectivity index (χ2n) is 6.28. The molecule has 0 radical (unpaired) electrons. The quantitative estimate of drug-likeness (QED) is 0.600. The topological polar surface area (TPSA) is 71.2 Å². The van der Waals surface area contributed by atoms with E-state index in [1.807, 2.05) is 31.2 Å². The van der Waals surface area contributed by atoms with Crippen molar-refractivity contribution in [1.29, 1.82) is 0 Å². The molecule has 0 aliphatic carbocycles. The second kappa shape index (κ2) is 8.73. The van der Waals surface area contributed by atoms with Crippen LogP contribution in [0.4, 0.5) is 5.69 Å². The molecule has 27 heavy (non-hydrogen) atoms. The molecule has 0 aliphatic heterocycles. The lowest BCUT2D eigenvalue weighted by Crippen LogP contribution is -2.34. The molecule has 3 aromatic rings. The van der Waals surface area contributed by atoms with Crippen molar-refractivity contribution >= 4 is 34.2 Å². The van der Waals surface area contributed by atoms with E-state index >= 15 is 0 Å². The molecule has 2 aromatic carbocycles. The lowest BCUT2D eigenvalue weighted by atomic mass is 10.0. The van der Waals surface area contributed by atoms with E-state index in [1.54, 1.807) is 24.3 Å². The Morgan fingerprint density at radius 3 is 2.67 bits per heavy atom. The summed E-state index contributed by atoms with van der Waals surface area (Å²) in [6.07, 6.45) is 1.07. The molecular weight excluding hydrogens is 364 g/mol. The van der Waals surface area contributed by atoms with Crippen molar-refractivity contribution in [3.8, 4) is 0 Å². The molecule has 0 spiro atoms. The van der Waals surface area contributed by atoms with Crippen molar-refractivity contribution < 1.29 is 9.53 Å². The highest BCUT2D eigenvalue weighted by atomic mass is 35.5. The summed E-state index contributed by atoms with van der Waals surface area (Å²) in [6, 6.07) is 15.6. The van der Waals surface area contributed by atoms with Gasteiger partial charge in [0.05, 0.1) is 6.61 Å². The van der Waals surface area contributed by atoms with Gasteiger partial charge in [-0.2, -0.15) is 0 Å². The van der Waals surface area contributed by atoms with Crippen molar-refractivity contribution in [2.75, 3.05) is 11.9 Å². The lowest BCUT2D eigenvalue weighted by molar-refractivity contribution is -0.144. The predicted octanol–water partition coefficient (Wildman–Crippen LogP) is 4.16. The molecule has 1 unspecified atom stereocenters. The first-order valence-electron chi connectivity index (χ1n) is 8.86. The zero-order valence-corrected chi connectivity index (χ0v) is 15.8. The van der Waals surface area contributed by atoms with Gasteiger partial charge in [0.1, 0.15) is 6.04 Å². The van der Waals surface area contributed by atoms with Crippen LogP contribution in [0, 0.1) is 0 Å². The first-order valence-corrected chi connectivity index (χ1v) is 9.24. The zero-order valence-electron chi connectivity index (χ0n) is 15.0. The molecule has 0 amide bonds. The fourth-order valence-electron chi connectivity index (χ4n) is 2.91. The molecule has 1 heterocycles. The van der Waals surface area contributed by atoms with E-state index in [0.717, 1.165) is 28.6 Å². The summed E-state index contributed by atoms with van der Waals surface area (Å²) in [7, 11) is 0. The molecule has 2 N–H and O–H groups in total. The van der Waals surface area contributed by atoms with Gasteiger partial charge in [0.25, 0.3) is 0 Å². The molecule has 0 bridgehead atoms. The van der Waals surface area contributed by atoms with Gasteiger partial charge in [-0.15, -0.1) is 0 Å². The van der Waals surface area contributed by atoms with Crippen LogP contribution in [0.15, 0.2) is 59.4 Å². The number of pyridine rings is 1. The van der Waals surface area contributed by atoms with Crippen LogP contribution in [0.5, 0.6) is 0 Å². The van der Waals surface area contributed by atoms with Crippen LogP contribution in [-0.4, -0.2) is 23.6 Å². The maximum atomic E-state index is 12.6. The van der Waals surface area contributed by atoms with Gasteiger partial charge in [-0.1, -0.05) is 36.7 Å². The standard InChI is InChI=1S/C21H21ClN2O3/c1-2-11-27-21(26)19(23-16-9-7-15(22)8-10-16)12-14-13-20(25)24-18-6-4-3-5-17(14)18/h3-10,13,19,23H,2,11-12H2,1H3,(H,24,25). The predicted molar refractivity (Wildman–Crippen MR) is 108 cm³/mol. The normalized spacial score (nSPS) is 11.9. The third-order valence-electron chi connectivity index (χ3n) is 4.18. The minimum atomic E-state index is -0.622. The van der Waals surface area contributed by atoms with E-state index in [1.165, 1.54) is 6.07 Å². The lowest BCUT2D eigenvalue weighted by Gasteiger charge is -2.19. The molecule has 6 heteroatoms. The Kier molecular flexibility index (Phi) is 6.14. The number of rotatable bonds is 7. The van der Waals surface area contributed by atoms with Gasteiger partial charge in [-0.05, 0) is 42.3 Å². The number of ether oxygens (including phenoxy) is 1. The first kappa shape index (κ1) is 19.0. The summed E-state index contributed by atoms with van der Waals surface area (Å²) < 4.78 is 5.35. The first-order chi connectivity index (χ1) is 13.1. The Balaban J connectivity index is 1.92. The van der Waals surface area contributed by atoms with Crippen LogP contribution in [0.25, 0.3) is 10.9 Å². The number of benzene rings is 2. The Morgan fingerprint density at radius 2 is 1.93 bits per heavy atom. The summed E-state index contributed by atoms with van der Waals surface area (Å²) in [5, 5.41) is 4.72. The van der Waals surface area contributed by atoms with Crippen LogP contribution in [-0.2, 0) is 16.0 Å². The van der Waals surface area contributed by atoms with Crippen molar-refractivity contribution in [3.63, 3.8) is 0 Å². The number of halogens is 1. The summed E-state index contributed by atoms with van der Waals surface area (Å²) >= 11 is 5.93. The van der Waals surface area contributed by atoms with Gasteiger partial charge in [0.15, 0.2) is 0 Å². The van der Waals surface area contributed by atoms with Gasteiger partial charge in [-0.3, -0.25) is 4.79 Å². The van der Waals surface area contributed by atoms with Crippen LogP contribution in [0.2, 0.25) is 5.02 Å². The molecule has 1 atom stereocenters. The largest absolute Gasteiger partial charge is 0.464 e. The molecule has 3 rings (SSSR count). The van der Waals surface area contributed by atoms with E-state index < -0.39 is 6.04 Å². The number of carbonyl (C=O) groups is 1. The summed E-state index contributed by atoms with van der Waals surface area (Å²) in [5.74, 6) is -0.351. The second-order valence-corrected chi connectivity index (χ2v) is 6.72. The average Bonchev–Trinajstić information content (AvgIpc) is 2.67. The fraction of sp³-hybridized carbons (Fsp3) is 0.238. The molecule has 0 fully saturated rings. The van der Waals surface area contributed by atoms with Crippen LogP contribution in [0.3, 0.4) is 0 Å². The van der Waals surface area contributed by atoms with Crippen molar-refractivity contribution in [1.82, 2.24) is 4.98 Å². The van der Waals surface area contributed by atoms with Crippen LogP contribution in [0.1, 0.15) is 18.9 Å². The van der Waals surface area contributed by atoms with Crippen LogP contribution >= 0.6 is 11.6 Å². The smallest absolute Gasteiger partial charge is 0.328 e. The molecule has 0 saturated heterocycles. The van der Waals surface area contributed by atoms with Gasteiger partial charge >= 0.3 is 5.97 Å². The number of fused-ring (bicyclic) bond motifs is 1. The Hall–Kier alpha value is -2.79. The Morgan fingerprint density at radius 1 is 1.19 bits per heavy atom. The number of aromatic nitrogens is 1. The Bertz CT molecular complexity index is 983. The van der Waals surface area contributed by atoms with Gasteiger partial charge < -0.3 is 15.0 Å². The maximum absolute atomic E-state index is 12.6. The highest BCUT2D eigenvalue weighted by molar-refractivity contribution is 6.30. The molecular formula is C21H21ClN2O3. The average molecular weight is 385 g/mol. The number of carbonyl (C=O) groups excluding carboxylic acids is 1. The van der Waals surface area contributed by atoms with E-state index in [2.05, 4.69) is 10.3 Å². The van der Waals surface area contributed by atoms with Gasteiger partial charge in [0, 0.05) is 34.1 Å². The minimum Gasteiger partial charge on any atom is -0.464 e. The number of para-hydroxylation sites is 1. The van der Waals surface area contributed by atoms with Crippen molar-refractivity contribution in [3.05, 3.63) is 75.5 Å². The molecule has 5 nitrogen and oxygen atoms in total. The number of esters is 1. The zero-order chi connectivity index (χ0) is 19.2. The molecule has 1 aromatic heterocycles. The number of H-pyrrole nitrogens is 1. The summed E-state index contributed by atoms with van der Waals surface area (Å²) in [5.41, 5.74) is 2.09. The third kappa shape index (κ3) is 4.89. The number of nitrogens with one attached hydrogen (secondary N) is 2. The molecule has 0 saturated carbocycles. The maximum Gasteiger partial charge on any atom is 0.328 e.